The number of hydrogen-bond donors (Lipinski definition) is 3. The van der Waals surface area contributed by atoms with Crippen molar-refractivity contribution in [2.75, 3.05) is 6.54 Å². The Labute approximate surface area is 158 Å². The third kappa shape index (κ3) is 8.02. The molecule has 2 rings (SSSR count). The number of rotatable bonds is 7. The highest BCUT2D eigenvalue weighted by atomic mass is 35.5. The van der Waals surface area contributed by atoms with Gasteiger partial charge in [0.1, 0.15) is 23.8 Å². The average Bonchev–Trinajstić information content (AvgIpc) is 3.11. The van der Waals surface area contributed by atoms with Crippen LogP contribution in [0.2, 0.25) is 10.0 Å². The lowest BCUT2D eigenvalue weighted by Gasteiger charge is -2.17. The van der Waals surface area contributed by atoms with E-state index in [1.807, 2.05) is 0 Å². The minimum Gasteiger partial charge on any atom is -0.482 e. The van der Waals surface area contributed by atoms with Crippen molar-refractivity contribution >= 4 is 35.1 Å². The fourth-order valence-corrected chi connectivity index (χ4v) is 1.99. The Morgan fingerprint density at radius 1 is 1.23 bits per heavy atom. The number of benzene rings is 1. The summed E-state index contributed by atoms with van der Waals surface area (Å²) in [6.07, 6.45) is 2.91. The highest BCUT2D eigenvalue weighted by Crippen LogP contribution is 2.32. The van der Waals surface area contributed by atoms with Crippen molar-refractivity contribution in [3.8, 4) is 5.75 Å². The second kappa shape index (κ2) is 11.1. The maximum atomic E-state index is 9.55. The third-order valence-corrected chi connectivity index (χ3v) is 3.29. The van der Waals surface area contributed by atoms with Crippen LogP contribution in [-0.2, 0) is 9.59 Å². The second-order valence-corrected chi connectivity index (χ2v) is 5.54. The first-order valence-electron chi connectivity index (χ1n) is 7.19. The fourth-order valence-electron chi connectivity index (χ4n) is 1.67. The Bertz CT molecular complexity index is 733. The van der Waals surface area contributed by atoms with E-state index in [9.17, 15) is 9.59 Å². The van der Waals surface area contributed by atoms with Crippen molar-refractivity contribution in [2.45, 2.75) is 12.5 Å². The quantitative estimate of drug-likeness (QED) is 0.600. The van der Waals surface area contributed by atoms with E-state index in [-0.39, 0.29) is 6.10 Å². The zero-order valence-corrected chi connectivity index (χ0v) is 14.9. The normalized spacial score (nSPS) is 11.5. The lowest BCUT2D eigenvalue weighted by Crippen LogP contribution is -2.13. The molecule has 4 N–H and O–H groups in total. The Kier molecular flexibility index (Phi) is 9.21. The topological polar surface area (TPSA) is 136 Å². The zero-order valence-electron chi connectivity index (χ0n) is 13.3. The lowest BCUT2D eigenvalue weighted by molar-refractivity contribution is -0.134. The van der Waals surface area contributed by atoms with Gasteiger partial charge in [-0.05, 0) is 18.7 Å². The van der Waals surface area contributed by atoms with Crippen LogP contribution >= 0.6 is 23.2 Å². The summed E-state index contributed by atoms with van der Waals surface area (Å²) >= 11 is 11.9. The molecule has 0 saturated carbocycles. The number of carboxylic acids is 2. The number of carbonyl (C=O) groups is 2. The smallest absolute Gasteiger partial charge is 0.328 e. The van der Waals surface area contributed by atoms with E-state index < -0.39 is 11.9 Å². The number of aliphatic carboxylic acids is 2. The molecule has 1 aromatic heterocycles. The Balaban J connectivity index is 0.000000359. The van der Waals surface area contributed by atoms with E-state index in [4.69, 9.17) is 48.4 Å². The number of carboxylic acid groups (broad SMARTS) is 2. The predicted octanol–water partition coefficient (Wildman–Crippen LogP) is 3.16. The Hall–Kier alpha value is -2.55. The van der Waals surface area contributed by atoms with Gasteiger partial charge in [0.25, 0.3) is 0 Å². The van der Waals surface area contributed by atoms with Gasteiger partial charge in [0.15, 0.2) is 0 Å². The molecule has 10 heteroatoms. The Morgan fingerprint density at radius 2 is 1.88 bits per heavy atom. The molecular formula is C16H16Cl2N2O6. The fraction of sp³-hybridized carbons (Fsp3) is 0.188. The summed E-state index contributed by atoms with van der Waals surface area (Å²) in [5.74, 6) is -2.01. The van der Waals surface area contributed by atoms with Gasteiger partial charge >= 0.3 is 11.9 Å². The van der Waals surface area contributed by atoms with Crippen LogP contribution in [0.1, 0.15) is 18.2 Å². The van der Waals surface area contributed by atoms with Crippen molar-refractivity contribution < 1.29 is 29.1 Å². The standard InChI is InChI=1S/C12H12Cl2N2O2.C4H4O4/c13-8-1-2-9(14)12(7-8)18-11(3-5-15)10-4-6-17-16-10;5-3(6)1-2-4(7)8/h1-2,4,6-7,11H,3,5,15H2;1-2H,(H,5,6)(H,7,8). The predicted molar refractivity (Wildman–Crippen MR) is 94.4 cm³/mol. The van der Waals surface area contributed by atoms with Crippen LogP contribution in [0.4, 0.5) is 0 Å². The first kappa shape index (κ1) is 21.5. The molecule has 0 fully saturated rings. The van der Waals surface area contributed by atoms with Crippen LogP contribution in [0.5, 0.6) is 5.75 Å². The van der Waals surface area contributed by atoms with Crippen LogP contribution in [0.25, 0.3) is 0 Å². The molecule has 1 aromatic carbocycles. The molecule has 1 unspecified atom stereocenters. The average molecular weight is 403 g/mol. The van der Waals surface area contributed by atoms with Gasteiger partial charge in [0.2, 0.25) is 0 Å². The van der Waals surface area contributed by atoms with Gasteiger partial charge in [-0.3, -0.25) is 0 Å². The molecule has 0 aliphatic rings. The number of aromatic nitrogens is 1. The molecule has 0 radical (unpaired) electrons. The molecule has 8 nitrogen and oxygen atoms in total. The van der Waals surface area contributed by atoms with E-state index in [1.165, 1.54) is 6.26 Å². The van der Waals surface area contributed by atoms with Crippen LogP contribution in [0, 0.1) is 0 Å². The monoisotopic (exact) mass is 402 g/mol. The van der Waals surface area contributed by atoms with E-state index >= 15 is 0 Å². The van der Waals surface area contributed by atoms with Crippen LogP contribution < -0.4 is 10.5 Å². The number of hydrogen-bond acceptors (Lipinski definition) is 6. The largest absolute Gasteiger partial charge is 0.482 e. The third-order valence-electron chi connectivity index (χ3n) is 2.75. The van der Waals surface area contributed by atoms with Gasteiger partial charge in [-0.1, -0.05) is 28.4 Å². The summed E-state index contributed by atoms with van der Waals surface area (Å²) in [4.78, 5) is 19.1. The summed E-state index contributed by atoms with van der Waals surface area (Å²) in [6.45, 7) is 0.468. The SMILES string of the molecule is NCCC(Oc1cc(Cl)ccc1Cl)c1ccon1.O=C(O)C=CC(=O)O. The first-order valence-corrected chi connectivity index (χ1v) is 7.95. The molecular weight excluding hydrogens is 387 g/mol. The molecule has 1 heterocycles. The van der Waals surface area contributed by atoms with Crippen molar-refractivity contribution in [1.82, 2.24) is 5.16 Å². The molecule has 0 bridgehead atoms. The molecule has 0 saturated heterocycles. The van der Waals surface area contributed by atoms with Crippen molar-refractivity contribution in [2.24, 2.45) is 5.73 Å². The van der Waals surface area contributed by atoms with Gasteiger partial charge in [-0.25, -0.2) is 9.59 Å². The zero-order chi connectivity index (χ0) is 19.5. The van der Waals surface area contributed by atoms with Gasteiger partial charge in [0, 0.05) is 35.7 Å². The van der Waals surface area contributed by atoms with Crippen molar-refractivity contribution in [3.05, 3.63) is 58.4 Å². The molecule has 0 spiro atoms. The summed E-state index contributed by atoms with van der Waals surface area (Å²) in [7, 11) is 0. The first-order chi connectivity index (χ1) is 12.3. The van der Waals surface area contributed by atoms with Crippen molar-refractivity contribution in [3.63, 3.8) is 0 Å². The number of ether oxygens (including phenoxy) is 1. The van der Waals surface area contributed by atoms with Crippen LogP contribution in [0.15, 0.2) is 47.2 Å². The highest BCUT2D eigenvalue weighted by Gasteiger charge is 2.17. The Morgan fingerprint density at radius 3 is 2.38 bits per heavy atom. The molecule has 0 amide bonds. The molecule has 0 aliphatic carbocycles. The van der Waals surface area contributed by atoms with Crippen LogP contribution in [-0.4, -0.2) is 33.9 Å². The van der Waals surface area contributed by atoms with Gasteiger partial charge in [-0.15, -0.1) is 0 Å². The summed E-state index contributed by atoms with van der Waals surface area (Å²) in [5.41, 5.74) is 6.24. The van der Waals surface area contributed by atoms with Gasteiger partial charge in [-0.2, -0.15) is 0 Å². The summed E-state index contributed by atoms with van der Waals surface area (Å²) < 4.78 is 10.6. The van der Waals surface area contributed by atoms with E-state index in [1.54, 1.807) is 24.3 Å². The molecule has 140 valence electrons. The van der Waals surface area contributed by atoms with Crippen LogP contribution in [0.3, 0.4) is 0 Å². The molecule has 0 aliphatic heterocycles. The second-order valence-electron chi connectivity index (χ2n) is 4.69. The highest BCUT2D eigenvalue weighted by molar-refractivity contribution is 6.34. The van der Waals surface area contributed by atoms with E-state index in [0.29, 0.717) is 46.6 Å². The maximum absolute atomic E-state index is 9.55. The summed E-state index contributed by atoms with van der Waals surface area (Å²) in [6, 6.07) is 6.78. The molecule has 1 atom stereocenters. The summed E-state index contributed by atoms with van der Waals surface area (Å²) in [5, 5.41) is 20.5. The minimum absolute atomic E-state index is 0.301. The van der Waals surface area contributed by atoms with E-state index in [2.05, 4.69) is 5.16 Å². The number of nitrogens with two attached hydrogens (primary N) is 1. The number of halogens is 2. The minimum atomic E-state index is -1.26. The lowest BCUT2D eigenvalue weighted by atomic mass is 10.2. The maximum Gasteiger partial charge on any atom is 0.328 e. The molecule has 26 heavy (non-hydrogen) atoms. The number of nitrogens with zero attached hydrogens (tertiary/aromatic N) is 1. The molecule has 2 aromatic rings. The van der Waals surface area contributed by atoms with E-state index in [0.717, 1.165) is 0 Å². The van der Waals surface area contributed by atoms with Crippen molar-refractivity contribution in [1.29, 1.82) is 0 Å². The van der Waals surface area contributed by atoms with Gasteiger partial charge in [0.05, 0.1) is 5.02 Å². The van der Waals surface area contributed by atoms with Gasteiger partial charge < -0.3 is 25.2 Å².